The molecule has 0 bridgehead atoms. The number of hydrogen-bond donors (Lipinski definition) is 3. The van der Waals surface area contributed by atoms with Crippen LogP contribution in [0.1, 0.15) is 34.2 Å². The van der Waals surface area contributed by atoms with E-state index in [0.717, 1.165) is 50.7 Å². The van der Waals surface area contributed by atoms with Crippen LogP contribution in [0.15, 0.2) is 66.7 Å². The molecule has 0 fully saturated rings. The minimum atomic E-state index is -1.00. The summed E-state index contributed by atoms with van der Waals surface area (Å²) in [7, 11) is 0. The number of anilines is 1. The van der Waals surface area contributed by atoms with Crippen molar-refractivity contribution in [1.82, 2.24) is 5.43 Å². The maximum atomic E-state index is 13.8. The van der Waals surface area contributed by atoms with Crippen LogP contribution in [-0.4, -0.2) is 17.0 Å². The molecule has 0 aliphatic carbocycles. The van der Waals surface area contributed by atoms with Gasteiger partial charge in [-0.25, -0.2) is 14.6 Å². The molecule has 168 valence electrons. The van der Waals surface area contributed by atoms with Crippen molar-refractivity contribution >= 4 is 52.1 Å². The van der Waals surface area contributed by atoms with E-state index < -0.39 is 11.8 Å². The first-order chi connectivity index (χ1) is 16.0. The molecule has 1 aliphatic rings. The molecule has 4 nitrogen and oxygen atoms in total. The zero-order valence-corrected chi connectivity index (χ0v) is 19.1. The Hall–Kier alpha value is -3.12. The molecule has 1 aliphatic heterocycles. The van der Waals surface area contributed by atoms with E-state index in [1.54, 1.807) is 12.1 Å². The van der Waals surface area contributed by atoms with Gasteiger partial charge in [-0.2, -0.15) is 0 Å². The molecule has 4 rings (SSSR count). The van der Waals surface area contributed by atoms with Gasteiger partial charge in [-0.3, -0.25) is 0 Å². The average molecular weight is 483 g/mol. The number of carbonyl (C=O) groups is 1. The number of carboxylic acids is 1. The van der Waals surface area contributed by atoms with Crippen LogP contribution >= 0.6 is 23.2 Å². The number of hydrogen-bond acceptors (Lipinski definition) is 3. The highest BCUT2D eigenvalue weighted by molar-refractivity contribution is 6.33. The van der Waals surface area contributed by atoms with Gasteiger partial charge in [-0.1, -0.05) is 48.0 Å². The second kappa shape index (κ2) is 10.2. The van der Waals surface area contributed by atoms with Crippen molar-refractivity contribution in [2.75, 3.05) is 11.3 Å². The van der Waals surface area contributed by atoms with Crippen molar-refractivity contribution in [3.8, 4) is 0 Å². The van der Waals surface area contributed by atoms with Gasteiger partial charge in [-0.05, 0) is 75.7 Å². The highest BCUT2D eigenvalue weighted by Crippen LogP contribution is 2.39. The quantitative estimate of drug-likeness (QED) is 0.202. The largest absolute Gasteiger partial charge is 0.478 e. The van der Waals surface area contributed by atoms with E-state index in [1.807, 2.05) is 36.4 Å². The number of carboxylic acid groups (broad SMARTS) is 1. The normalized spacial score (nSPS) is 13.5. The fourth-order valence-corrected chi connectivity index (χ4v) is 4.39. The number of nitrogens with one attached hydrogen (secondary N) is 2. The monoisotopic (exact) mass is 482 g/mol. The van der Waals surface area contributed by atoms with Crippen LogP contribution in [0.4, 0.5) is 10.1 Å². The van der Waals surface area contributed by atoms with Crippen LogP contribution < -0.4 is 10.9 Å². The Morgan fingerprint density at radius 3 is 2.52 bits per heavy atom. The van der Waals surface area contributed by atoms with Crippen molar-refractivity contribution in [1.29, 1.82) is 0 Å². The molecule has 1 heterocycles. The summed E-state index contributed by atoms with van der Waals surface area (Å²) in [5, 5.41) is 9.21. The van der Waals surface area contributed by atoms with Gasteiger partial charge in [0.05, 0.1) is 10.7 Å². The van der Waals surface area contributed by atoms with Crippen molar-refractivity contribution in [3.05, 3.63) is 105 Å². The molecular weight excluding hydrogens is 462 g/mol. The predicted molar refractivity (Wildman–Crippen MR) is 133 cm³/mol. The average Bonchev–Trinajstić information content (AvgIpc) is 3.26. The first kappa shape index (κ1) is 23.1. The summed E-state index contributed by atoms with van der Waals surface area (Å²) in [6.45, 7) is 0.692. The van der Waals surface area contributed by atoms with Gasteiger partial charge in [-0.15, -0.1) is 11.6 Å². The number of hydrazine groups is 1. The molecule has 3 N–H and O–H groups in total. The zero-order chi connectivity index (χ0) is 23.4. The molecule has 3 aromatic carbocycles. The van der Waals surface area contributed by atoms with Gasteiger partial charge in [0.1, 0.15) is 5.82 Å². The van der Waals surface area contributed by atoms with E-state index in [-0.39, 0.29) is 0 Å². The smallest absolute Gasteiger partial charge is 0.328 e. The van der Waals surface area contributed by atoms with Crippen molar-refractivity contribution < 1.29 is 14.3 Å². The SMILES string of the molecule is O=C(O)/C=C/c1ccc(/C(=C(/CCCl)c2ccc(F)cc2Cl)c2ccc3c(c2)CNN3)cc1. The summed E-state index contributed by atoms with van der Waals surface area (Å²) in [6, 6.07) is 18.1. The molecule has 0 atom stereocenters. The fourth-order valence-electron chi connectivity index (χ4n) is 3.92. The van der Waals surface area contributed by atoms with Crippen molar-refractivity contribution in [2.45, 2.75) is 13.0 Å². The summed E-state index contributed by atoms with van der Waals surface area (Å²) in [5.41, 5.74) is 13.6. The molecule has 3 aromatic rings. The van der Waals surface area contributed by atoms with Gasteiger partial charge in [0.15, 0.2) is 0 Å². The van der Waals surface area contributed by atoms with Gasteiger partial charge in [0.25, 0.3) is 0 Å². The lowest BCUT2D eigenvalue weighted by atomic mass is 9.87. The molecule has 0 unspecified atom stereocenters. The molecule has 0 saturated heterocycles. The minimum absolute atomic E-state index is 0.318. The van der Waals surface area contributed by atoms with Crippen LogP contribution in [0.2, 0.25) is 5.02 Å². The summed E-state index contributed by atoms with van der Waals surface area (Å²) in [6.07, 6.45) is 3.17. The third-order valence-corrected chi connectivity index (χ3v) is 5.92. The Kier molecular flexibility index (Phi) is 7.14. The summed E-state index contributed by atoms with van der Waals surface area (Å²) >= 11 is 12.7. The van der Waals surface area contributed by atoms with E-state index in [9.17, 15) is 9.18 Å². The molecule has 7 heteroatoms. The lowest BCUT2D eigenvalue weighted by Crippen LogP contribution is -2.10. The van der Waals surface area contributed by atoms with Gasteiger partial charge < -0.3 is 10.5 Å². The van der Waals surface area contributed by atoms with Crippen molar-refractivity contribution in [3.63, 3.8) is 0 Å². The number of aliphatic carboxylic acids is 1. The number of benzene rings is 3. The predicted octanol–water partition coefficient (Wildman–Crippen LogP) is 6.60. The maximum Gasteiger partial charge on any atom is 0.328 e. The molecule has 33 heavy (non-hydrogen) atoms. The lowest BCUT2D eigenvalue weighted by molar-refractivity contribution is -0.131. The second-order valence-corrected chi connectivity index (χ2v) is 8.35. The van der Waals surface area contributed by atoms with Crippen molar-refractivity contribution in [2.24, 2.45) is 0 Å². The van der Waals surface area contributed by atoms with Gasteiger partial charge >= 0.3 is 5.97 Å². The Morgan fingerprint density at radius 2 is 1.82 bits per heavy atom. The number of allylic oxidation sites excluding steroid dienone is 1. The third kappa shape index (κ3) is 5.28. The first-order valence-electron chi connectivity index (χ1n) is 10.3. The van der Waals surface area contributed by atoms with E-state index in [2.05, 4.69) is 16.9 Å². The number of rotatable bonds is 7. The molecule has 0 amide bonds. The summed E-state index contributed by atoms with van der Waals surface area (Å²) in [4.78, 5) is 10.8. The Bertz CT molecular complexity index is 1250. The Labute approximate surface area is 201 Å². The maximum absolute atomic E-state index is 13.8. The van der Waals surface area contributed by atoms with Crippen LogP contribution in [0.5, 0.6) is 0 Å². The van der Waals surface area contributed by atoms with Crippen LogP contribution in [-0.2, 0) is 11.3 Å². The van der Waals surface area contributed by atoms with Gasteiger partial charge in [0, 0.05) is 18.5 Å². The van der Waals surface area contributed by atoms with E-state index in [1.165, 1.54) is 12.1 Å². The topological polar surface area (TPSA) is 61.4 Å². The number of alkyl halides is 1. The number of halogens is 3. The third-order valence-electron chi connectivity index (χ3n) is 5.42. The highest BCUT2D eigenvalue weighted by Gasteiger charge is 2.19. The first-order valence-corrected chi connectivity index (χ1v) is 11.3. The Morgan fingerprint density at radius 1 is 1.06 bits per heavy atom. The Balaban J connectivity index is 1.92. The molecule has 0 radical (unpaired) electrons. The van der Waals surface area contributed by atoms with Crippen LogP contribution in [0.3, 0.4) is 0 Å². The zero-order valence-electron chi connectivity index (χ0n) is 17.5. The lowest BCUT2D eigenvalue weighted by Gasteiger charge is -2.19. The standard InChI is InChI=1S/C26H21Cl2FN2O2/c27-12-11-22(21-8-7-20(29)14-23(21)28)26(18-6-9-24-19(13-18)15-30-31-24)17-4-1-16(2-5-17)3-10-25(32)33/h1-10,13-14,30-31H,11-12,15H2,(H,32,33)/b10-3+,26-22+. The van der Waals surface area contributed by atoms with Gasteiger partial charge in [0.2, 0.25) is 0 Å². The van der Waals surface area contributed by atoms with E-state index in [4.69, 9.17) is 28.3 Å². The van der Waals surface area contributed by atoms with Crippen LogP contribution in [0.25, 0.3) is 17.2 Å². The minimum Gasteiger partial charge on any atom is -0.478 e. The van der Waals surface area contributed by atoms with Crippen LogP contribution in [0, 0.1) is 5.82 Å². The van der Waals surface area contributed by atoms with E-state index >= 15 is 0 Å². The summed E-state index contributed by atoms with van der Waals surface area (Å²) in [5.74, 6) is -1.05. The molecule has 0 saturated carbocycles. The molecule has 0 aromatic heterocycles. The van der Waals surface area contributed by atoms with E-state index in [0.29, 0.717) is 23.9 Å². The molecule has 0 spiro atoms. The fraction of sp³-hybridized carbons (Fsp3) is 0.115. The molecular formula is C26H21Cl2FN2O2. The summed E-state index contributed by atoms with van der Waals surface area (Å²) < 4.78 is 13.8. The highest BCUT2D eigenvalue weighted by atomic mass is 35.5. The number of fused-ring (bicyclic) bond motifs is 1. The second-order valence-electron chi connectivity index (χ2n) is 7.56.